The first-order valence-electron chi connectivity index (χ1n) is 11.7. The van der Waals surface area contributed by atoms with Gasteiger partial charge in [-0.2, -0.15) is 0 Å². The van der Waals surface area contributed by atoms with E-state index in [1.54, 1.807) is 0 Å². The predicted octanol–water partition coefficient (Wildman–Crippen LogP) is 2.40. The summed E-state index contributed by atoms with van der Waals surface area (Å²) >= 11 is 0. The molecule has 1 fully saturated rings. The van der Waals surface area contributed by atoms with E-state index in [1.165, 1.54) is 18.0 Å². The molecule has 2 aliphatic rings. The van der Waals surface area contributed by atoms with Gasteiger partial charge >= 0.3 is 5.69 Å². The lowest BCUT2D eigenvalue weighted by atomic mass is 9.99. The fourth-order valence-corrected chi connectivity index (χ4v) is 4.67. The molecular weight excluding hydrogens is 422 g/mol. The Kier molecular flexibility index (Phi) is 6.67. The van der Waals surface area contributed by atoms with E-state index in [1.807, 2.05) is 31.2 Å². The minimum Gasteiger partial charge on any atom is -0.370 e. The van der Waals surface area contributed by atoms with Crippen molar-refractivity contribution in [2.45, 2.75) is 57.9 Å². The van der Waals surface area contributed by atoms with Gasteiger partial charge in [0.2, 0.25) is 11.8 Å². The van der Waals surface area contributed by atoms with Crippen LogP contribution in [-0.2, 0) is 23.2 Å². The van der Waals surface area contributed by atoms with Gasteiger partial charge in [0.25, 0.3) is 5.56 Å². The van der Waals surface area contributed by atoms with Gasteiger partial charge in [0.15, 0.2) is 0 Å². The average Bonchev–Trinajstić information content (AvgIpc) is 3.14. The molecule has 9 nitrogen and oxygen atoms in total. The molecule has 0 radical (unpaired) electrons. The van der Waals surface area contributed by atoms with Crippen LogP contribution < -0.4 is 26.8 Å². The highest BCUT2D eigenvalue weighted by Gasteiger charge is 2.38. The summed E-state index contributed by atoms with van der Waals surface area (Å²) in [6.07, 6.45) is 4.86. The van der Waals surface area contributed by atoms with E-state index in [-0.39, 0.29) is 23.7 Å². The molecule has 9 heteroatoms. The van der Waals surface area contributed by atoms with Crippen molar-refractivity contribution in [1.82, 2.24) is 9.13 Å². The molecule has 1 aromatic heterocycles. The first-order chi connectivity index (χ1) is 15.9. The summed E-state index contributed by atoms with van der Waals surface area (Å²) < 4.78 is 2.45. The third-order valence-corrected chi connectivity index (χ3v) is 6.48. The van der Waals surface area contributed by atoms with Crippen molar-refractivity contribution in [3.63, 3.8) is 0 Å². The molecule has 0 bridgehead atoms. The van der Waals surface area contributed by atoms with Gasteiger partial charge in [-0.1, -0.05) is 25.5 Å². The zero-order chi connectivity index (χ0) is 23.5. The summed E-state index contributed by atoms with van der Waals surface area (Å²) in [6, 6.07) is 7.65. The number of para-hydroxylation sites is 2. The molecule has 1 unspecified atom stereocenters. The standard InChI is InChI=1S/C24H31N5O4/c1-3-4-14-29-21-20(23(32)27(2)24(29)33)16(22(31)26-21)15-19(30)25-17-10-6-7-11-18(17)28-12-8-5-9-13-28/h6-7,10-11,16H,3-5,8-9,12-15H2,1-2H3,(H,25,30)(H,26,31). The Morgan fingerprint density at radius 2 is 1.85 bits per heavy atom. The minimum absolute atomic E-state index is 0.172. The average molecular weight is 454 g/mol. The van der Waals surface area contributed by atoms with Gasteiger partial charge in [0.1, 0.15) is 5.82 Å². The number of benzene rings is 1. The summed E-state index contributed by atoms with van der Waals surface area (Å²) in [5.74, 6) is -1.49. The molecular formula is C24H31N5O4. The number of nitrogens with zero attached hydrogens (tertiary/aromatic N) is 3. The van der Waals surface area contributed by atoms with E-state index < -0.39 is 23.1 Å². The number of unbranched alkanes of at least 4 members (excludes halogenated alkanes) is 1. The highest BCUT2D eigenvalue weighted by atomic mass is 16.2. The van der Waals surface area contributed by atoms with Crippen LogP contribution in [0.3, 0.4) is 0 Å². The van der Waals surface area contributed by atoms with Crippen molar-refractivity contribution >= 4 is 29.0 Å². The van der Waals surface area contributed by atoms with Gasteiger partial charge in [-0.15, -0.1) is 0 Å². The van der Waals surface area contributed by atoms with Crippen LogP contribution in [0.15, 0.2) is 33.9 Å². The van der Waals surface area contributed by atoms with Crippen molar-refractivity contribution in [2.24, 2.45) is 7.05 Å². The van der Waals surface area contributed by atoms with Crippen molar-refractivity contribution in [1.29, 1.82) is 0 Å². The van der Waals surface area contributed by atoms with E-state index in [0.29, 0.717) is 12.2 Å². The molecule has 4 rings (SSSR count). The van der Waals surface area contributed by atoms with Crippen LogP contribution in [0, 0.1) is 0 Å². The lowest BCUT2D eigenvalue weighted by Gasteiger charge is -2.30. The van der Waals surface area contributed by atoms with Gasteiger partial charge in [-0.25, -0.2) is 4.79 Å². The van der Waals surface area contributed by atoms with E-state index >= 15 is 0 Å². The van der Waals surface area contributed by atoms with E-state index in [4.69, 9.17) is 0 Å². The van der Waals surface area contributed by atoms with Crippen LogP contribution in [0.1, 0.15) is 56.9 Å². The largest absolute Gasteiger partial charge is 0.370 e. The van der Waals surface area contributed by atoms with Crippen molar-refractivity contribution in [3.8, 4) is 0 Å². The molecule has 2 aromatic rings. The van der Waals surface area contributed by atoms with E-state index in [9.17, 15) is 19.2 Å². The number of hydrogen-bond donors (Lipinski definition) is 2. The number of piperidine rings is 1. The topological polar surface area (TPSA) is 105 Å². The fraction of sp³-hybridized carbons (Fsp3) is 0.500. The highest BCUT2D eigenvalue weighted by molar-refractivity contribution is 6.06. The van der Waals surface area contributed by atoms with Crippen molar-refractivity contribution in [2.75, 3.05) is 28.6 Å². The molecule has 1 atom stereocenters. The molecule has 2 aliphatic heterocycles. The minimum atomic E-state index is -0.936. The number of anilines is 3. The van der Waals surface area contributed by atoms with Gasteiger partial charge in [0, 0.05) is 33.1 Å². The number of amides is 2. The quantitative estimate of drug-likeness (QED) is 0.670. The molecule has 0 saturated carbocycles. The number of aromatic nitrogens is 2. The van der Waals surface area contributed by atoms with Crippen LogP contribution in [0.5, 0.6) is 0 Å². The molecule has 0 spiro atoms. The third-order valence-electron chi connectivity index (χ3n) is 6.48. The van der Waals surface area contributed by atoms with Gasteiger partial charge < -0.3 is 15.5 Å². The van der Waals surface area contributed by atoms with Gasteiger partial charge in [0.05, 0.1) is 22.9 Å². The summed E-state index contributed by atoms with van der Waals surface area (Å²) in [7, 11) is 1.40. The molecule has 33 heavy (non-hydrogen) atoms. The second kappa shape index (κ2) is 9.64. The first kappa shape index (κ1) is 22.8. The van der Waals surface area contributed by atoms with Gasteiger partial charge in [-0.05, 0) is 37.8 Å². The Balaban J connectivity index is 1.59. The number of carbonyl (C=O) groups is 2. The van der Waals surface area contributed by atoms with Crippen LogP contribution in [0.25, 0.3) is 0 Å². The number of nitrogens with one attached hydrogen (secondary N) is 2. The predicted molar refractivity (Wildman–Crippen MR) is 128 cm³/mol. The molecule has 1 aromatic carbocycles. The Labute approximate surface area is 192 Å². The number of carbonyl (C=O) groups excluding carboxylic acids is 2. The molecule has 2 amide bonds. The fourth-order valence-electron chi connectivity index (χ4n) is 4.67. The van der Waals surface area contributed by atoms with E-state index in [2.05, 4.69) is 15.5 Å². The van der Waals surface area contributed by atoms with Crippen LogP contribution in [0.4, 0.5) is 17.2 Å². The van der Waals surface area contributed by atoms with Crippen LogP contribution in [0.2, 0.25) is 0 Å². The normalized spacial score (nSPS) is 17.6. The second-order valence-electron chi connectivity index (χ2n) is 8.77. The first-order valence-corrected chi connectivity index (χ1v) is 11.7. The summed E-state index contributed by atoms with van der Waals surface area (Å²) in [5.41, 5.74) is 0.855. The zero-order valence-electron chi connectivity index (χ0n) is 19.2. The number of fused-ring (bicyclic) bond motifs is 1. The Morgan fingerprint density at radius 3 is 2.58 bits per heavy atom. The SMILES string of the molecule is CCCCn1c2c(c(=O)n(C)c1=O)C(CC(=O)Nc1ccccc1N1CCCCC1)C(=O)N2. The maximum atomic E-state index is 13.0. The van der Waals surface area contributed by atoms with Gasteiger partial charge in [-0.3, -0.25) is 23.5 Å². The molecule has 176 valence electrons. The molecule has 1 saturated heterocycles. The summed E-state index contributed by atoms with van der Waals surface area (Å²) in [6.45, 7) is 4.28. The monoisotopic (exact) mass is 453 g/mol. The second-order valence-corrected chi connectivity index (χ2v) is 8.77. The Morgan fingerprint density at radius 1 is 1.12 bits per heavy atom. The smallest absolute Gasteiger partial charge is 0.332 e. The molecule has 3 heterocycles. The zero-order valence-corrected chi connectivity index (χ0v) is 19.2. The maximum absolute atomic E-state index is 13.0. The molecule has 2 N–H and O–H groups in total. The van der Waals surface area contributed by atoms with Crippen LogP contribution >= 0.6 is 0 Å². The lowest BCUT2D eigenvalue weighted by molar-refractivity contribution is -0.122. The summed E-state index contributed by atoms with van der Waals surface area (Å²) in [5, 5.41) is 5.63. The van der Waals surface area contributed by atoms with Crippen molar-refractivity contribution in [3.05, 3.63) is 50.7 Å². The molecule has 0 aliphatic carbocycles. The Bertz CT molecular complexity index is 1180. The highest BCUT2D eigenvalue weighted by Crippen LogP contribution is 2.33. The summed E-state index contributed by atoms with van der Waals surface area (Å²) in [4.78, 5) is 53.5. The maximum Gasteiger partial charge on any atom is 0.332 e. The van der Waals surface area contributed by atoms with Crippen LogP contribution in [-0.4, -0.2) is 34.0 Å². The third kappa shape index (κ3) is 4.44. The van der Waals surface area contributed by atoms with Crippen molar-refractivity contribution < 1.29 is 9.59 Å². The Hall–Kier alpha value is -3.36. The van der Waals surface area contributed by atoms with E-state index in [0.717, 1.165) is 49.0 Å². The number of hydrogen-bond acceptors (Lipinski definition) is 5. The number of rotatable bonds is 7. The lowest BCUT2D eigenvalue weighted by Crippen LogP contribution is -2.40.